The Hall–Kier alpha value is -0.670. The Morgan fingerprint density at radius 3 is 2.44 bits per heavy atom. The number of rotatable bonds is 3. The highest BCUT2D eigenvalue weighted by Crippen LogP contribution is 2.26. The summed E-state index contributed by atoms with van der Waals surface area (Å²) in [7, 11) is 0. The molecule has 84 valence electrons. The van der Waals surface area contributed by atoms with Gasteiger partial charge in [-0.3, -0.25) is 0 Å². The number of benzene rings is 1. The standard InChI is InChI=1S/C13H14BrNS/c1-9(2)7-10-3-5-11(6-4-10)13-15-12(14)8-16-13/h3-6,8-9H,7H2,1-2H3. The molecular weight excluding hydrogens is 282 g/mol. The first-order valence-corrected chi connectivity index (χ1v) is 7.03. The van der Waals surface area contributed by atoms with Gasteiger partial charge >= 0.3 is 0 Å². The van der Waals surface area contributed by atoms with Gasteiger partial charge in [0.05, 0.1) is 0 Å². The van der Waals surface area contributed by atoms with E-state index < -0.39 is 0 Å². The molecule has 16 heavy (non-hydrogen) atoms. The third-order valence-electron chi connectivity index (χ3n) is 2.32. The number of thiazole rings is 1. The highest BCUT2D eigenvalue weighted by atomic mass is 79.9. The van der Waals surface area contributed by atoms with Gasteiger partial charge in [0.15, 0.2) is 0 Å². The minimum Gasteiger partial charge on any atom is -0.229 e. The molecule has 0 amide bonds. The van der Waals surface area contributed by atoms with Gasteiger partial charge in [0.1, 0.15) is 9.61 Å². The Morgan fingerprint density at radius 2 is 1.94 bits per heavy atom. The molecule has 0 atom stereocenters. The zero-order chi connectivity index (χ0) is 11.5. The largest absolute Gasteiger partial charge is 0.229 e. The van der Waals surface area contributed by atoms with Crippen LogP contribution in [0.2, 0.25) is 0 Å². The predicted octanol–water partition coefficient (Wildman–Crippen LogP) is 4.77. The molecule has 1 heterocycles. The van der Waals surface area contributed by atoms with Crippen molar-refractivity contribution in [3.8, 4) is 10.6 Å². The van der Waals surface area contributed by atoms with Gasteiger partial charge in [-0.25, -0.2) is 4.98 Å². The monoisotopic (exact) mass is 295 g/mol. The molecule has 0 unspecified atom stereocenters. The summed E-state index contributed by atoms with van der Waals surface area (Å²) in [5, 5.41) is 3.08. The van der Waals surface area contributed by atoms with Gasteiger partial charge in [-0.1, -0.05) is 38.1 Å². The van der Waals surface area contributed by atoms with Crippen molar-refractivity contribution in [3.05, 3.63) is 39.8 Å². The van der Waals surface area contributed by atoms with Crippen LogP contribution in [-0.4, -0.2) is 4.98 Å². The van der Waals surface area contributed by atoms with Crippen LogP contribution in [0.3, 0.4) is 0 Å². The summed E-state index contributed by atoms with van der Waals surface area (Å²) in [5.74, 6) is 0.708. The fourth-order valence-electron chi connectivity index (χ4n) is 1.64. The SMILES string of the molecule is CC(C)Cc1ccc(-c2nc(Br)cs2)cc1. The second kappa shape index (κ2) is 5.11. The third-order valence-corrected chi connectivity index (χ3v) is 3.92. The number of hydrogen-bond acceptors (Lipinski definition) is 2. The van der Waals surface area contributed by atoms with Crippen LogP contribution in [0.1, 0.15) is 19.4 Å². The van der Waals surface area contributed by atoms with E-state index in [0.717, 1.165) is 16.0 Å². The van der Waals surface area contributed by atoms with Crippen molar-refractivity contribution in [2.24, 2.45) is 5.92 Å². The molecule has 0 spiro atoms. The topological polar surface area (TPSA) is 12.9 Å². The fourth-order valence-corrected chi connectivity index (χ4v) is 2.90. The van der Waals surface area contributed by atoms with Crippen LogP contribution in [-0.2, 0) is 6.42 Å². The third kappa shape index (κ3) is 2.92. The fraction of sp³-hybridized carbons (Fsp3) is 0.308. The summed E-state index contributed by atoms with van der Waals surface area (Å²) in [6.07, 6.45) is 1.14. The van der Waals surface area contributed by atoms with E-state index >= 15 is 0 Å². The lowest BCUT2D eigenvalue weighted by molar-refractivity contribution is 0.647. The molecule has 3 heteroatoms. The smallest absolute Gasteiger partial charge is 0.124 e. The lowest BCUT2D eigenvalue weighted by Crippen LogP contribution is -1.93. The van der Waals surface area contributed by atoms with Crippen LogP contribution >= 0.6 is 27.3 Å². The molecular formula is C13H14BrNS. The maximum atomic E-state index is 4.41. The summed E-state index contributed by atoms with van der Waals surface area (Å²) in [6, 6.07) is 8.71. The van der Waals surface area contributed by atoms with E-state index in [0.29, 0.717) is 5.92 Å². The zero-order valence-electron chi connectivity index (χ0n) is 9.40. The molecule has 0 aliphatic carbocycles. The molecule has 0 radical (unpaired) electrons. The van der Waals surface area contributed by atoms with Crippen molar-refractivity contribution < 1.29 is 0 Å². The molecule has 1 aromatic carbocycles. The summed E-state index contributed by atoms with van der Waals surface area (Å²) in [5.41, 5.74) is 2.59. The van der Waals surface area contributed by atoms with Crippen molar-refractivity contribution in [3.63, 3.8) is 0 Å². The van der Waals surface area contributed by atoms with Crippen LogP contribution in [0.25, 0.3) is 10.6 Å². The van der Waals surface area contributed by atoms with E-state index in [1.54, 1.807) is 11.3 Å². The van der Waals surface area contributed by atoms with E-state index in [-0.39, 0.29) is 0 Å². The molecule has 2 rings (SSSR count). The van der Waals surface area contributed by atoms with Crippen LogP contribution < -0.4 is 0 Å². The molecule has 0 bridgehead atoms. The minimum absolute atomic E-state index is 0.708. The highest BCUT2D eigenvalue weighted by Gasteiger charge is 2.03. The average molecular weight is 296 g/mol. The van der Waals surface area contributed by atoms with E-state index in [1.165, 1.54) is 11.1 Å². The van der Waals surface area contributed by atoms with Crippen molar-refractivity contribution in [1.82, 2.24) is 4.98 Å². The van der Waals surface area contributed by atoms with Crippen molar-refractivity contribution in [2.75, 3.05) is 0 Å². The van der Waals surface area contributed by atoms with Crippen molar-refractivity contribution >= 4 is 27.3 Å². The molecule has 1 aromatic heterocycles. The normalized spacial score (nSPS) is 11.0. The number of aromatic nitrogens is 1. The molecule has 0 saturated carbocycles. The van der Waals surface area contributed by atoms with E-state index in [4.69, 9.17) is 0 Å². The summed E-state index contributed by atoms with van der Waals surface area (Å²) < 4.78 is 0.916. The molecule has 2 aromatic rings. The maximum Gasteiger partial charge on any atom is 0.124 e. The van der Waals surface area contributed by atoms with Gasteiger partial charge in [0, 0.05) is 10.9 Å². The molecule has 0 N–H and O–H groups in total. The first-order valence-electron chi connectivity index (χ1n) is 5.35. The van der Waals surface area contributed by atoms with E-state index in [2.05, 4.69) is 59.0 Å². The molecule has 0 saturated heterocycles. The van der Waals surface area contributed by atoms with Crippen LogP contribution in [0.4, 0.5) is 0 Å². The van der Waals surface area contributed by atoms with Crippen LogP contribution in [0.15, 0.2) is 34.2 Å². The Kier molecular flexibility index (Phi) is 3.77. The summed E-state index contributed by atoms with van der Waals surface area (Å²) in [6.45, 7) is 4.48. The van der Waals surface area contributed by atoms with Gasteiger partial charge in [-0.15, -0.1) is 11.3 Å². The Morgan fingerprint density at radius 1 is 1.25 bits per heavy atom. The van der Waals surface area contributed by atoms with Crippen molar-refractivity contribution in [2.45, 2.75) is 20.3 Å². The predicted molar refractivity (Wildman–Crippen MR) is 73.8 cm³/mol. The van der Waals surface area contributed by atoms with E-state index in [1.807, 2.05) is 5.38 Å². The maximum absolute atomic E-state index is 4.41. The Labute approximate surface area is 109 Å². The van der Waals surface area contributed by atoms with Crippen LogP contribution in [0.5, 0.6) is 0 Å². The molecule has 1 nitrogen and oxygen atoms in total. The van der Waals surface area contributed by atoms with E-state index in [9.17, 15) is 0 Å². The van der Waals surface area contributed by atoms with Gasteiger partial charge in [0.2, 0.25) is 0 Å². The number of hydrogen-bond donors (Lipinski definition) is 0. The number of nitrogens with zero attached hydrogens (tertiary/aromatic N) is 1. The Bertz CT molecular complexity index is 459. The van der Waals surface area contributed by atoms with Gasteiger partial charge in [-0.05, 0) is 33.8 Å². The first-order chi connectivity index (χ1) is 7.65. The summed E-state index contributed by atoms with van der Waals surface area (Å²) >= 11 is 5.04. The second-order valence-corrected chi connectivity index (χ2v) is 5.94. The molecule has 0 aliphatic heterocycles. The molecule has 0 fully saturated rings. The van der Waals surface area contributed by atoms with Gasteiger partial charge in [-0.2, -0.15) is 0 Å². The van der Waals surface area contributed by atoms with Crippen molar-refractivity contribution in [1.29, 1.82) is 0 Å². The highest BCUT2D eigenvalue weighted by molar-refractivity contribution is 9.10. The zero-order valence-corrected chi connectivity index (χ0v) is 11.8. The summed E-state index contributed by atoms with van der Waals surface area (Å²) in [4.78, 5) is 4.41. The lowest BCUT2D eigenvalue weighted by atomic mass is 10.0. The Balaban J connectivity index is 2.19. The van der Waals surface area contributed by atoms with Gasteiger partial charge < -0.3 is 0 Å². The molecule has 0 aliphatic rings. The minimum atomic E-state index is 0.708. The lowest BCUT2D eigenvalue weighted by Gasteiger charge is -2.05. The van der Waals surface area contributed by atoms with Crippen LogP contribution in [0, 0.1) is 5.92 Å². The second-order valence-electron chi connectivity index (χ2n) is 4.27. The van der Waals surface area contributed by atoms with Gasteiger partial charge in [0.25, 0.3) is 0 Å². The first kappa shape index (κ1) is 11.8. The quantitative estimate of drug-likeness (QED) is 0.795. The number of halogens is 1. The average Bonchev–Trinajstić information content (AvgIpc) is 2.65.